The summed E-state index contributed by atoms with van der Waals surface area (Å²) in [5, 5.41) is 11.3. The predicted molar refractivity (Wildman–Crippen MR) is 125 cm³/mol. The van der Waals surface area contributed by atoms with Gasteiger partial charge in [-0.25, -0.2) is 0 Å². The van der Waals surface area contributed by atoms with Crippen LogP contribution in [0.4, 0.5) is 18.9 Å². The average Bonchev–Trinajstić information content (AvgIpc) is 3.05. The first-order valence-electron chi connectivity index (χ1n) is 10.8. The molecule has 3 aromatic rings. The van der Waals surface area contributed by atoms with E-state index < -0.39 is 29.8 Å². The number of hydrogen-bond donors (Lipinski definition) is 1. The summed E-state index contributed by atoms with van der Waals surface area (Å²) in [5.74, 6) is -2.55. The number of aliphatic hydroxyl groups excluding tert-OH is 1. The number of aliphatic hydroxyl groups is 1. The summed E-state index contributed by atoms with van der Waals surface area (Å²) in [6.07, 6.45) is -4.86. The molecule has 1 atom stereocenters. The van der Waals surface area contributed by atoms with E-state index in [1.165, 1.54) is 17.0 Å². The summed E-state index contributed by atoms with van der Waals surface area (Å²) in [5.41, 5.74) is 3.54. The SMILES string of the molecule is Cc1cccc(C2/C(=C(\O)c3cc(C)ccc3C)C(=O)C(=O)N2c2ccc(OC(F)(F)F)cc2)c1. The largest absolute Gasteiger partial charge is 0.573 e. The van der Waals surface area contributed by atoms with Crippen LogP contribution in [0.3, 0.4) is 0 Å². The molecule has 35 heavy (non-hydrogen) atoms. The lowest BCUT2D eigenvalue weighted by Crippen LogP contribution is -2.29. The number of hydrogen-bond acceptors (Lipinski definition) is 4. The van der Waals surface area contributed by atoms with E-state index in [2.05, 4.69) is 4.74 Å². The number of carbonyl (C=O) groups is 2. The van der Waals surface area contributed by atoms with Crippen molar-refractivity contribution in [1.82, 2.24) is 0 Å². The van der Waals surface area contributed by atoms with E-state index in [1.54, 1.807) is 31.2 Å². The Morgan fingerprint density at radius 2 is 1.57 bits per heavy atom. The Morgan fingerprint density at radius 3 is 2.20 bits per heavy atom. The summed E-state index contributed by atoms with van der Waals surface area (Å²) >= 11 is 0. The number of alkyl halides is 3. The molecular formula is C27H22F3NO4. The zero-order chi connectivity index (χ0) is 25.5. The van der Waals surface area contributed by atoms with Crippen LogP contribution in [0.2, 0.25) is 0 Å². The third-order valence-electron chi connectivity index (χ3n) is 5.80. The van der Waals surface area contributed by atoms with Gasteiger partial charge < -0.3 is 9.84 Å². The van der Waals surface area contributed by atoms with Crippen molar-refractivity contribution in [2.24, 2.45) is 0 Å². The Morgan fingerprint density at radius 1 is 0.914 bits per heavy atom. The third kappa shape index (κ3) is 4.77. The maximum absolute atomic E-state index is 13.2. The number of Topliss-reactive ketones (excluding diaryl/α,β-unsaturated/α-hetero) is 1. The number of ketones is 1. The van der Waals surface area contributed by atoms with Crippen LogP contribution in [0.15, 0.2) is 72.3 Å². The number of benzene rings is 3. The Bertz CT molecular complexity index is 1340. The molecule has 5 nitrogen and oxygen atoms in total. The number of amides is 1. The highest BCUT2D eigenvalue weighted by Gasteiger charge is 2.47. The standard InChI is InChI=1S/C27H22F3NO4/c1-15-5-4-6-18(13-15)23-22(24(32)21-14-16(2)7-8-17(21)3)25(33)26(34)31(23)19-9-11-20(12-10-19)35-27(28,29)30/h4-14,23,32H,1-3H3/b24-22+. The van der Waals surface area contributed by atoms with Crippen molar-refractivity contribution in [2.45, 2.75) is 33.2 Å². The fourth-order valence-electron chi connectivity index (χ4n) is 4.20. The van der Waals surface area contributed by atoms with Crippen LogP contribution in [0, 0.1) is 20.8 Å². The van der Waals surface area contributed by atoms with Gasteiger partial charge in [0, 0.05) is 11.3 Å². The van der Waals surface area contributed by atoms with Crippen LogP contribution in [0.25, 0.3) is 5.76 Å². The van der Waals surface area contributed by atoms with Crippen molar-refractivity contribution in [3.63, 3.8) is 0 Å². The van der Waals surface area contributed by atoms with Crippen molar-refractivity contribution in [1.29, 1.82) is 0 Å². The number of nitrogens with zero attached hydrogens (tertiary/aromatic N) is 1. The Kier molecular flexibility index (Phi) is 6.15. The van der Waals surface area contributed by atoms with Gasteiger partial charge in [0.25, 0.3) is 11.7 Å². The van der Waals surface area contributed by atoms with Gasteiger partial charge in [-0.3, -0.25) is 14.5 Å². The molecule has 1 aliphatic heterocycles. The zero-order valence-electron chi connectivity index (χ0n) is 19.2. The highest BCUT2D eigenvalue weighted by atomic mass is 19.4. The number of rotatable bonds is 4. The summed E-state index contributed by atoms with van der Waals surface area (Å²) < 4.78 is 41.6. The van der Waals surface area contributed by atoms with Crippen molar-refractivity contribution >= 4 is 23.1 Å². The average molecular weight is 481 g/mol. The lowest BCUT2D eigenvalue weighted by Gasteiger charge is -2.26. The first-order chi connectivity index (χ1) is 16.5. The molecule has 0 aliphatic carbocycles. The van der Waals surface area contributed by atoms with Gasteiger partial charge in [0.05, 0.1) is 11.6 Å². The van der Waals surface area contributed by atoms with Gasteiger partial charge in [-0.1, -0.05) is 47.5 Å². The van der Waals surface area contributed by atoms with Gasteiger partial charge in [0.15, 0.2) is 0 Å². The van der Waals surface area contributed by atoms with E-state index in [4.69, 9.17) is 0 Å². The fraction of sp³-hybridized carbons (Fsp3) is 0.185. The summed E-state index contributed by atoms with van der Waals surface area (Å²) in [4.78, 5) is 27.6. The molecule has 1 heterocycles. The second kappa shape index (κ2) is 8.94. The van der Waals surface area contributed by atoms with Crippen LogP contribution >= 0.6 is 0 Å². The normalized spacial score (nSPS) is 17.7. The van der Waals surface area contributed by atoms with Gasteiger partial charge in [-0.2, -0.15) is 0 Å². The minimum Gasteiger partial charge on any atom is -0.507 e. The van der Waals surface area contributed by atoms with Crippen molar-refractivity contribution in [2.75, 3.05) is 4.90 Å². The topological polar surface area (TPSA) is 66.8 Å². The second-order valence-corrected chi connectivity index (χ2v) is 8.44. The molecule has 4 rings (SSSR count). The van der Waals surface area contributed by atoms with E-state index >= 15 is 0 Å². The van der Waals surface area contributed by atoms with Crippen LogP contribution < -0.4 is 9.64 Å². The smallest absolute Gasteiger partial charge is 0.507 e. The molecule has 1 saturated heterocycles. The van der Waals surface area contributed by atoms with Crippen LogP contribution in [0.5, 0.6) is 5.75 Å². The molecule has 180 valence electrons. The van der Waals surface area contributed by atoms with Crippen molar-refractivity contribution in [3.8, 4) is 5.75 Å². The number of halogens is 3. The molecule has 1 unspecified atom stereocenters. The molecule has 1 fully saturated rings. The fourth-order valence-corrected chi connectivity index (χ4v) is 4.20. The maximum Gasteiger partial charge on any atom is 0.573 e. The van der Waals surface area contributed by atoms with E-state index in [-0.39, 0.29) is 17.0 Å². The summed E-state index contributed by atoms with van der Waals surface area (Å²) in [6, 6.07) is 16.2. The molecular weight excluding hydrogens is 459 g/mol. The minimum atomic E-state index is -4.86. The molecule has 1 N–H and O–H groups in total. The third-order valence-corrected chi connectivity index (χ3v) is 5.80. The van der Waals surface area contributed by atoms with E-state index in [9.17, 15) is 27.9 Å². The maximum atomic E-state index is 13.2. The summed E-state index contributed by atoms with van der Waals surface area (Å²) in [7, 11) is 0. The predicted octanol–water partition coefficient (Wildman–Crippen LogP) is 6.14. The Hall–Kier alpha value is -4.07. The van der Waals surface area contributed by atoms with Gasteiger partial charge in [-0.15, -0.1) is 13.2 Å². The molecule has 0 bridgehead atoms. The Balaban J connectivity index is 1.89. The minimum absolute atomic E-state index is 0.0927. The lowest BCUT2D eigenvalue weighted by atomic mass is 9.92. The molecule has 8 heteroatoms. The first kappa shape index (κ1) is 24.1. The lowest BCUT2D eigenvalue weighted by molar-refractivity contribution is -0.274. The number of carbonyl (C=O) groups excluding carboxylic acids is 2. The second-order valence-electron chi connectivity index (χ2n) is 8.44. The quantitative estimate of drug-likeness (QED) is 0.276. The highest BCUT2D eigenvalue weighted by molar-refractivity contribution is 6.51. The van der Waals surface area contributed by atoms with E-state index in [0.717, 1.165) is 28.8 Å². The number of ether oxygens (including phenoxy) is 1. The van der Waals surface area contributed by atoms with Gasteiger partial charge in [-0.05, 0) is 62.2 Å². The van der Waals surface area contributed by atoms with Crippen LogP contribution in [-0.4, -0.2) is 23.2 Å². The molecule has 0 aromatic heterocycles. The van der Waals surface area contributed by atoms with E-state index in [0.29, 0.717) is 11.1 Å². The van der Waals surface area contributed by atoms with Crippen LogP contribution in [0.1, 0.15) is 33.9 Å². The number of aryl methyl sites for hydroxylation is 3. The highest BCUT2D eigenvalue weighted by Crippen LogP contribution is 2.43. The summed E-state index contributed by atoms with van der Waals surface area (Å²) in [6.45, 7) is 5.48. The monoisotopic (exact) mass is 481 g/mol. The molecule has 0 spiro atoms. The molecule has 1 amide bonds. The van der Waals surface area contributed by atoms with Gasteiger partial charge in [0.1, 0.15) is 11.5 Å². The first-order valence-corrected chi connectivity index (χ1v) is 10.8. The molecule has 1 aliphatic rings. The van der Waals surface area contributed by atoms with Gasteiger partial charge in [0.2, 0.25) is 0 Å². The number of anilines is 1. The molecule has 0 saturated carbocycles. The molecule has 3 aromatic carbocycles. The Labute approximate surface area is 200 Å². The van der Waals surface area contributed by atoms with E-state index in [1.807, 2.05) is 32.0 Å². The van der Waals surface area contributed by atoms with Crippen LogP contribution in [-0.2, 0) is 9.59 Å². The van der Waals surface area contributed by atoms with Gasteiger partial charge >= 0.3 is 6.36 Å². The van der Waals surface area contributed by atoms with Crippen molar-refractivity contribution < 1.29 is 32.6 Å². The molecule has 0 radical (unpaired) electrons. The zero-order valence-corrected chi connectivity index (χ0v) is 19.2. The van der Waals surface area contributed by atoms with Crippen molar-refractivity contribution in [3.05, 3.63) is 100 Å².